The number of hydrogen-bond acceptors (Lipinski definition) is 0. The number of benzene rings is 5. The summed E-state index contributed by atoms with van der Waals surface area (Å²) in [7, 11) is 0. The average molecular weight is 549 g/mol. The maximum absolute atomic E-state index is 2.62. The van der Waals surface area contributed by atoms with E-state index in [1.807, 2.05) is 0 Å². The van der Waals surface area contributed by atoms with Crippen LogP contribution < -0.4 is 0 Å². The lowest BCUT2D eigenvalue weighted by Crippen LogP contribution is -2.16. The summed E-state index contributed by atoms with van der Waals surface area (Å²) in [4.78, 5) is 0. The first-order valence-corrected chi connectivity index (χ1v) is 16.2. The van der Waals surface area contributed by atoms with E-state index < -0.39 is 0 Å². The Morgan fingerprint density at radius 2 is 1.36 bits per heavy atom. The van der Waals surface area contributed by atoms with Crippen LogP contribution >= 0.6 is 0 Å². The van der Waals surface area contributed by atoms with Crippen LogP contribution in [0.3, 0.4) is 0 Å². The molecule has 42 heavy (non-hydrogen) atoms. The van der Waals surface area contributed by atoms with Crippen molar-refractivity contribution in [3.63, 3.8) is 0 Å². The summed E-state index contributed by atoms with van der Waals surface area (Å²) in [6.45, 7) is 11.8. The molecular weight excluding hydrogens is 504 g/mol. The summed E-state index contributed by atoms with van der Waals surface area (Å²) < 4.78 is 0. The minimum absolute atomic E-state index is 0.00312. The van der Waals surface area contributed by atoms with Gasteiger partial charge in [0.25, 0.3) is 0 Å². The number of rotatable bonds is 5. The van der Waals surface area contributed by atoms with E-state index in [2.05, 4.69) is 126 Å². The lowest BCUT2D eigenvalue weighted by atomic mass is 9.76. The molecule has 2 aliphatic rings. The minimum atomic E-state index is 0.00312. The lowest BCUT2D eigenvalue weighted by Gasteiger charge is -2.27. The van der Waals surface area contributed by atoms with E-state index in [1.165, 1.54) is 98.5 Å². The van der Waals surface area contributed by atoms with Gasteiger partial charge in [-0.15, -0.1) is 0 Å². The van der Waals surface area contributed by atoms with Crippen molar-refractivity contribution in [1.29, 1.82) is 0 Å². The topological polar surface area (TPSA) is 0 Å². The predicted octanol–water partition coefficient (Wildman–Crippen LogP) is 11.8. The molecule has 1 saturated carbocycles. The van der Waals surface area contributed by atoms with Crippen molar-refractivity contribution in [3.05, 3.63) is 130 Å². The monoisotopic (exact) mass is 548 g/mol. The first-order chi connectivity index (χ1) is 20.3. The second-order valence-corrected chi connectivity index (χ2v) is 13.8. The van der Waals surface area contributed by atoms with Crippen molar-refractivity contribution in [1.82, 2.24) is 0 Å². The molecule has 0 nitrogen and oxygen atoms in total. The van der Waals surface area contributed by atoms with Crippen LogP contribution in [0.15, 0.2) is 91.0 Å². The molecule has 1 unspecified atom stereocenters. The molecule has 0 bridgehead atoms. The van der Waals surface area contributed by atoms with Crippen LogP contribution in [0.1, 0.15) is 104 Å². The molecule has 5 aromatic rings. The summed E-state index contributed by atoms with van der Waals surface area (Å²) in [6.07, 6.45) is 7.86. The van der Waals surface area contributed by atoms with Crippen LogP contribution in [0.5, 0.6) is 0 Å². The van der Waals surface area contributed by atoms with Crippen LogP contribution in [0, 0.1) is 13.8 Å². The fourth-order valence-electron chi connectivity index (χ4n) is 8.18. The van der Waals surface area contributed by atoms with Crippen LogP contribution in [0.2, 0.25) is 0 Å². The van der Waals surface area contributed by atoms with Crippen LogP contribution in [0.4, 0.5) is 0 Å². The van der Waals surface area contributed by atoms with Gasteiger partial charge in [-0.3, -0.25) is 0 Å². The van der Waals surface area contributed by atoms with E-state index in [4.69, 9.17) is 0 Å². The zero-order chi connectivity index (χ0) is 29.0. The Morgan fingerprint density at radius 1 is 0.667 bits per heavy atom. The van der Waals surface area contributed by atoms with Gasteiger partial charge in [0.2, 0.25) is 0 Å². The summed E-state index contributed by atoms with van der Waals surface area (Å²) >= 11 is 0. The highest BCUT2D eigenvalue weighted by Crippen LogP contribution is 2.53. The van der Waals surface area contributed by atoms with E-state index in [-0.39, 0.29) is 5.41 Å². The molecule has 212 valence electrons. The smallest absolute Gasteiger partial charge is 0.0159 e. The van der Waals surface area contributed by atoms with Gasteiger partial charge in [-0.25, -0.2) is 0 Å². The number of hydrogen-bond donors (Lipinski definition) is 0. The van der Waals surface area contributed by atoms with Gasteiger partial charge in [-0.1, -0.05) is 131 Å². The Labute approximate surface area is 252 Å². The molecule has 0 spiro atoms. The highest BCUT2D eigenvalue weighted by atomic mass is 14.4. The standard InChI is InChI=1S/C42H44/c1-27-13-9-10-16-33(27)34-22-20-32(24-29(34)3)28(2)23-30-19-21-37-39(25-30)42(4,5)40-26-38(31-14-7-6-8-15-31)35-17-11-12-18-36(35)41(37)40/h9-13,16-22,24-26,28,31H,6-8,14-15,23H2,1-5H3. The fraction of sp³-hybridized carbons (Fsp3) is 0.333. The normalized spacial score (nSPS) is 16.8. The van der Waals surface area contributed by atoms with Gasteiger partial charge in [-0.2, -0.15) is 0 Å². The molecule has 2 aliphatic carbocycles. The molecule has 0 N–H and O–H groups in total. The Bertz CT molecular complexity index is 1790. The minimum Gasteiger partial charge on any atom is -0.0620 e. The lowest BCUT2D eigenvalue weighted by molar-refractivity contribution is 0.445. The predicted molar refractivity (Wildman–Crippen MR) is 181 cm³/mol. The molecule has 0 heteroatoms. The Balaban J connectivity index is 1.22. The van der Waals surface area contributed by atoms with Crippen LogP contribution in [0.25, 0.3) is 33.0 Å². The van der Waals surface area contributed by atoms with Gasteiger partial charge in [0.15, 0.2) is 0 Å². The molecule has 0 saturated heterocycles. The zero-order valence-corrected chi connectivity index (χ0v) is 26.1. The van der Waals surface area contributed by atoms with Crippen molar-refractivity contribution in [3.8, 4) is 22.3 Å². The first kappa shape index (κ1) is 27.2. The highest BCUT2D eigenvalue weighted by Gasteiger charge is 2.38. The zero-order valence-electron chi connectivity index (χ0n) is 26.1. The maximum atomic E-state index is 2.62. The Hall–Kier alpha value is -3.64. The molecule has 0 amide bonds. The maximum Gasteiger partial charge on any atom is 0.0159 e. The molecular formula is C42H44. The summed E-state index contributed by atoms with van der Waals surface area (Å²) in [5, 5.41) is 2.93. The van der Waals surface area contributed by atoms with E-state index in [1.54, 1.807) is 5.56 Å². The fourth-order valence-corrected chi connectivity index (χ4v) is 8.18. The first-order valence-electron chi connectivity index (χ1n) is 16.2. The number of aryl methyl sites for hydroxylation is 2. The SMILES string of the molecule is Cc1ccccc1-c1ccc(C(C)Cc2ccc3c(c2)C(C)(C)c2cc(C4CCCCC4)c4ccccc4c2-3)cc1C. The quantitative estimate of drug-likeness (QED) is 0.205. The number of fused-ring (bicyclic) bond motifs is 5. The molecule has 1 atom stereocenters. The third-order valence-corrected chi connectivity index (χ3v) is 10.6. The largest absolute Gasteiger partial charge is 0.0620 e. The van der Waals surface area contributed by atoms with E-state index in [0.29, 0.717) is 11.8 Å². The van der Waals surface area contributed by atoms with Crippen molar-refractivity contribution in [2.24, 2.45) is 0 Å². The molecule has 5 aromatic carbocycles. The second kappa shape index (κ2) is 10.6. The Morgan fingerprint density at radius 3 is 2.12 bits per heavy atom. The Kier molecular flexibility index (Phi) is 6.85. The van der Waals surface area contributed by atoms with Crippen LogP contribution in [-0.4, -0.2) is 0 Å². The van der Waals surface area contributed by atoms with Crippen molar-refractivity contribution >= 4 is 10.8 Å². The van der Waals surface area contributed by atoms with E-state index >= 15 is 0 Å². The van der Waals surface area contributed by atoms with Gasteiger partial charge < -0.3 is 0 Å². The summed E-state index contributed by atoms with van der Waals surface area (Å²) in [6, 6.07) is 35.0. The molecule has 1 fully saturated rings. The van der Waals surface area contributed by atoms with Gasteiger partial charge >= 0.3 is 0 Å². The van der Waals surface area contributed by atoms with Crippen LogP contribution in [-0.2, 0) is 11.8 Å². The molecule has 0 heterocycles. The van der Waals surface area contributed by atoms with Gasteiger partial charge in [0, 0.05) is 5.41 Å². The third-order valence-electron chi connectivity index (χ3n) is 10.6. The second-order valence-electron chi connectivity index (χ2n) is 13.8. The molecule has 0 aromatic heterocycles. The van der Waals surface area contributed by atoms with Crippen molar-refractivity contribution in [2.75, 3.05) is 0 Å². The van der Waals surface area contributed by atoms with Gasteiger partial charge in [0.1, 0.15) is 0 Å². The molecule has 0 aliphatic heterocycles. The molecule has 0 radical (unpaired) electrons. The third kappa shape index (κ3) is 4.51. The highest BCUT2D eigenvalue weighted by molar-refractivity contribution is 6.04. The van der Waals surface area contributed by atoms with E-state index in [9.17, 15) is 0 Å². The summed E-state index contributed by atoms with van der Waals surface area (Å²) in [5.41, 5.74) is 15.8. The van der Waals surface area contributed by atoms with Gasteiger partial charge in [0.05, 0.1) is 0 Å². The van der Waals surface area contributed by atoms with Crippen molar-refractivity contribution in [2.45, 2.75) is 90.4 Å². The van der Waals surface area contributed by atoms with Crippen molar-refractivity contribution < 1.29 is 0 Å². The summed E-state index contributed by atoms with van der Waals surface area (Å²) in [5.74, 6) is 1.16. The van der Waals surface area contributed by atoms with E-state index in [0.717, 1.165) is 6.42 Å². The average Bonchev–Trinajstić information content (AvgIpc) is 3.23. The van der Waals surface area contributed by atoms with Gasteiger partial charge in [-0.05, 0) is 117 Å². The molecule has 7 rings (SSSR count).